The van der Waals surface area contributed by atoms with E-state index in [2.05, 4.69) is 29.6 Å². The Balaban J connectivity index is 1.39. The smallest absolute Gasteiger partial charge is 0.335 e. The predicted molar refractivity (Wildman–Crippen MR) is 147 cm³/mol. The van der Waals surface area contributed by atoms with E-state index < -0.39 is 5.97 Å². The molecule has 38 heavy (non-hydrogen) atoms. The number of carbonyl (C=O) groups is 3. The minimum Gasteiger partial charge on any atom is -0.478 e. The summed E-state index contributed by atoms with van der Waals surface area (Å²) in [6, 6.07) is 24.7. The summed E-state index contributed by atoms with van der Waals surface area (Å²) in [5.74, 6) is -1.02. The van der Waals surface area contributed by atoms with Crippen LogP contribution in [0, 0.1) is 0 Å². The number of hydrogen-bond acceptors (Lipinski definition) is 4. The minimum absolute atomic E-state index is 0.116. The number of rotatable bonds is 13. The summed E-state index contributed by atoms with van der Waals surface area (Å²) in [4.78, 5) is 40.7. The number of aromatic carboxylic acids is 1. The fourth-order valence-corrected chi connectivity index (χ4v) is 4.75. The zero-order valence-corrected chi connectivity index (χ0v) is 21.6. The van der Waals surface area contributed by atoms with E-state index in [4.69, 9.17) is 0 Å². The van der Waals surface area contributed by atoms with Crippen LogP contribution >= 0.6 is 0 Å². The van der Waals surface area contributed by atoms with Gasteiger partial charge in [0, 0.05) is 44.7 Å². The van der Waals surface area contributed by atoms with Gasteiger partial charge >= 0.3 is 5.97 Å². The second-order valence-electron chi connectivity index (χ2n) is 9.68. The molecule has 3 aromatic rings. The first kappa shape index (κ1) is 27.1. The van der Waals surface area contributed by atoms with Gasteiger partial charge in [-0.3, -0.25) is 9.59 Å². The van der Waals surface area contributed by atoms with E-state index >= 15 is 0 Å². The van der Waals surface area contributed by atoms with Crippen molar-refractivity contribution in [2.75, 3.05) is 26.2 Å². The average molecular weight is 514 g/mol. The highest BCUT2D eigenvalue weighted by atomic mass is 16.4. The zero-order chi connectivity index (χ0) is 26.7. The van der Waals surface area contributed by atoms with Crippen LogP contribution in [-0.4, -0.2) is 58.9 Å². The van der Waals surface area contributed by atoms with Crippen molar-refractivity contribution in [1.29, 1.82) is 0 Å². The van der Waals surface area contributed by atoms with Crippen LogP contribution in [0.2, 0.25) is 0 Å². The highest BCUT2D eigenvalue weighted by Crippen LogP contribution is 2.16. The maximum absolute atomic E-state index is 13.6. The largest absolute Gasteiger partial charge is 0.478 e. The highest BCUT2D eigenvalue weighted by Gasteiger charge is 2.23. The van der Waals surface area contributed by atoms with Gasteiger partial charge in [0.05, 0.1) is 5.56 Å². The van der Waals surface area contributed by atoms with Crippen molar-refractivity contribution in [1.82, 2.24) is 15.1 Å². The van der Waals surface area contributed by atoms with E-state index in [9.17, 15) is 19.5 Å². The fourth-order valence-electron chi connectivity index (χ4n) is 4.75. The minimum atomic E-state index is -1.00. The predicted octanol–water partition coefficient (Wildman–Crippen LogP) is 4.37. The van der Waals surface area contributed by atoms with Crippen molar-refractivity contribution in [3.05, 3.63) is 107 Å². The van der Waals surface area contributed by atoms with Crippen molar-refractivity contribution in [3.63, 3.8) is 0 Å². The number of hydrogen-bond donors (Lipinski definition) is 2. The van der Waals surface area contributed by atoms with Gasteiger partial charge in [-0.2, -0.15) is 0 Å². The number of carboxylic acid groups (broad SMARTS) is 1. The summed E-state index contributed by atoms with van der Waals surface area (Å²) in [6.07, 6.45) is 3.44. The van der Waals surface area contributed by atoms with Crippen LogP contribution in [0.3, 0.4) is 0 Å². The summed E-state index contributed by atoms with van der Waals surface area (Å²) < 4.78 is 0. The van der Waals surface area contributed by atoms with Crippen molar-refractivity contribution in [3.8, 4) is 0 Å². The van der Waals surface area contributed by atoms with E-state index in [1.807, 2.05) is 36.4 Å². The number of amides is 2. The molecule has 0 radical (unpaired) electrons. The molecular weight excluding hydrogens is 478 g/mol. The van der Waals surface area contributed by atoms with Crippen molar-refractivity contribution in [2.45, 2.75) is 38.8 Å². The Hall–Kier alpha value is -3.97. The molecule has 2 N–H and O–H groups in total. The summed E-state index contributed by atoms with van der Waals surface area (Å²) in [5.41, 5.74) is 3.85. The molecule has 198 valence electrons. The molecule has 1 heterocycles. The summed E-state index contributed by atoms with van der Waals surface area (Å²) >= 11 is 0. The molecule has 0 saturated carbocycles. The third-order valence-electron chi connectivity index (χ3n) is 6.81. The van der Waals surface area contributed by atoms with Crippen LogP contribution in [0.4, 0.5) is 0 Å². The molecule has 2 amide bonds. The fraction of sp³-hybridized carbons (Fsp3) is 0.323. The first-order chi connectivity index (χ1) is 18.5. The molecule has 1 aliphatic rings. The number of nitrogens with zero attached hydrogens (tertiary/aromatic N) is 2. The Morgan fingerprint density at radius 1 is 0.895 bits per heavy atom. The molecule has 0 spiro atoms. The van der Waals surface area contributed by atoms with Gasteiger partial charge in [0.2, 0.25) is 5.91 Å². The van der Waals surface area contributed by atoms with Crippen molar-refractivity contribution >= 4 is 17.8 Å². The lowest BCUT2D eigenvalue weighted by Crippen LogP contribution is -2.39. The molecule has 0 atom stereocenters. The molecule has 0 aliphatic carbocycles. The van der Waals surface area contributed by atoms with Gasteiger partial charge in [-0.05, 0) is 66.8 Å². The van der Waals surface area contributed by atoms with Crippen LogP contribution < -0.4 is 5.32 Å². The van der Waals surface area contributed by atoms with Crippen LogP contribution in [0.1, 0.15) is 56.7 Å². The third-order valence-corrected chi connectivity index (χ3v) is 6.81. The van der Waals surface area contributed by atoms with Crippen LogP contribution in [0.5, 0.6) is 0 Å². The number of aryl methyl sites for hydroxylation is 1. The Morgan fingerprint density at radius 2 is 1.61 bits per heavy atom. The van der Waals surface area contributed by atoms with Crippen LogP contribution in [0.25, 0.3) is 0 Å². The highest BCUT2D eigenvalue weighted by molar-refractivity contribution is 5.94. The molecule has 7 nitrogen and oxygen atoms in total. The monoisotopic (exact) mass is 513 g/mol. The van der Waals surface area contributed by atoms with E-state index in [0.717, 1.165) is 36.9 Å². The lowest BCUT2D eigenvalue weighted by molar-refractivity contribution is -0.127. The quantitative estimate of drug-likeness (QED) is 0.331. The van der Waals surface area contributed by atoms with Gasteiger partial charge in [0.25, 0.3) is 5.91 Å². The van der Waals surface area contributed by atoms with E-state index in [-0.39, 0.29) is 23.9 Å². The van der Waals surface area contributed by atoms with E-state index in [1.165, 1.54) is 11.6 Å². The average Bonchev–Trinajstić information content (AvgIpc) is 3.35. The van der Waals surface area contributed by atoms with Crippen LogP contribution in [-0.2, 0) is 24.3 Å². The second-order valence-corrected chi connectivity index (χ2v) is 9.68. The van der Waals surface area contributed by atoms with Crippen LogP contribution in [0.15, 0.2) is 78.9 Å². The van der Waals surface area contributed by atoms with Gasteiger partial charge in [-0.25, -0.2) is 4.79 Å². The number of carboxylic acids is 1. The summed E-state index contributed by atoms with van der Waals surface area (Å²) in [5, 5.41) is 12.8. The van der Waals surface area contributed by atoms with Gasteiger partial charge in [-0.1, -0.05) is 54.6 Å². The lowest BCUT2D eigenvalue weighted by Gasteiger charge is -2.26. The van der Waals surface area contributed by atoms with Gasteiger partial charge < -0.3 is 20.2 Å². The maximum atomic E-state index is 13.6. The molecule has 0 unspecified atom stereocenters. The first-order valence-electron chi connectivity index (χ1n) is 13.2. The number of likely N-dealkylation sites (tertiary alicyclic amines) is 1. The summed E-state index contributed by atoms with van der Waals surface area (Å²) in [6.45, 7) is 3.36. The van der Waals surface area contributed by atoms with Crippen molar-refractivity contribution < 1.29 is 19.5 Å². The van der Waals surface area contributed by atoms with Gasteiger partial charge in [0.1, 0.15) is 0 Å². The Kier molecular flexibility index (Phi) is 9.65. The molecule has 3 aromatic carbocycles. The van der Waals surface area contributed by atoms with Gasteiger partial charge in [-0.15, -0.1) is 0 Å². The Labute approximate surface area is 224 Å². The molecule has 1 aliphatic heterocycles. The van der Waals surface area contributed by atoms with E-state index in [1.54, 1.807) is 21.9 Å². The second kappa shape index (κ2) is 13.5. The van der Waals surface area contributed by atoms with Gasteiger partial charge in [0.15, 0.2) is 0 Å². The molecule has 1 fully saturated rings. The van der Waals surface area contributed by atoms with Crippen molar-refractivity contribution in [2.24, 2.45) is 0 Å². The molecule has 0 aromatic heterocycles. The first-order valence-corrected chi connectivity index (χ1v) is 13.2. The molecule has 1 saturated heterocycles. The number of nitrogens with one attached hydrogen (secondary N) is 1. The molecular formula is C31H35N3O4. The topological polar surface area (TPSA) is 90.0 Å². The molecule has 4 rings (SSSR count). The SMILES string of the molecule is O=C(O)c1cccc(CN(CCN2CCCC2=O)C(=O)c2cccc(CNCCCc3ccccc3)c2)c1. The standard InChI is InChI=1S/C31H35N3O4/c35-29-15-7-17-33(29)18-19-34(23-26-11-5-14-28(21-26)31(37)38)30(36)27-13-4-10-25(20-27)22-32-16-6-12-24-8-2-1-3-9-24/h1-5,8-11,13-14,20-21,32H,6-7,12,15-19,22-23H2,(H,37,38). The normalized spacial score (nSPS) is 13.1. The maximum Gasteiger partial charge on any atom is 0.335 e. The molecule has 0 bridgehead atoms. The lowest BCUT2D eigenvalue weighted by atomic mass is 10.1. The summed E-state index contributed by atoms with van der Waals surface area (Å²) in [7, 11) is 0. The number of carbonyl (C=O) groups excluding carboxylic acids is 2. The van der Waals surface area contributed by atoms with E-state index in [0.29, 0.717) is 38.2 Å². The number of benzene rings is 3. The molecule has 7 heteroatoms. The zero-order valence-electron chi connectivity index (χ0n) is 21.6. The Morgan fingerprint density at radius 3 is 2.34 bits per heavy atom. The Bertz CT molecular complexity index is 1240. The third kappa shape index (κ3) is 7.76.